The summed E-state index contributed by atoms with van der Waals surface area (Å²) in [5, 5.41) is 5.78. The van der Waals surface area contributed by atoms with Crippen LogP contribution in [0.4, 0.5) is 24.8 Å². The van der Waals surface area contributed by atoms with Crippen LogP contribution in [-0.4, -0.2) is 22.4 Å². The van der Waals surface area contributed by atoms with Gasteiger partial charge in [0.25, 0.3) is 5.91 Å². The molecule has 1 aromatic carbocycles. The number of anilines is 2. The number of halogens is 5. The summed E-state index contributed by atoms with van der Waals surface area (Å²) in [6.45, 7) is 0.344. The number of nitrogens with one attached hydrogen (secondary N) is 2. The molecule has 1 amide bonds. The van der Waals surface area contributed by atoms with Gasteiger partial charge in [0, 0.05) is 28.5 Å². The van der Waals surface area contributed by atoms with Gasteiger partial charge in [-0.15, -0.1) is 0 Å². The summed E-state index contributed by atoms with van der Waals surface area (Å²) in [6, 6.07) is 4.41. The molecular weight excluding hydrogens is 416 g/mol. The van der Waals surface area contributed by atoms with Crippen LogP contribution in [0.3, 0.4) is 0 Å². The normalized spacial score (nSPS) is 14.9. The number of amides is 1. The largest absolute Gasteiger partial charge is 0.434 e. The van der Waals surface area contributed by atoms with E-state index in [1.165, 1.54) is 18.2 Å². The van der Waals surface area contributed by atoms with Gasteiger partial charge >= 0.3 is 6.18 Å². The summed E-state index contributed by atoms with van der Waals surface area (Å²) >= 11 is 11.8. The molecule has 1 aromatic heterocycles. The van der Waals surface area contributed by atoms with Crippen LogP contribution in [0.1, 0.15) is 41.7 Å². The second kappa shape index (κ2) is 8.53. The topological polar surface area (TPSA) is 66.9 Å². The summed E-state index contributed by atoms with van der Waals surface area (Å²) in [6.07, 6.45) is 0.137. The second-order valence-corrected chi connectivity index (χ2v) is 7.47. The first-order chi connectivity index (χ1) is 13.2. The Morgan fingerprint density at radius 3 is 2.39 bits per heavy atom. The van der Waals surface area contributed by atoms with E-state index in [-0.39, 0.29) is 5.95 Å². The maximum atomic E-state index is 13.5. The van der Waals surface area contributed by atoms with E-state index in [0.717, 1.165) is 31.9 Å². The van der Waals surface area contributed by atoms with Crippen molar-refractivity contribution < 1.29 is 18.0 Å². The Balaban J connectivity index is 1.81. The number of aromatic nitrogens is 2. The average Bonchev–Trinajstić information content (AvgIpc) is 3.11. The maximum absolute atomic E-state index is 13.5. The zero-order chi connectivity index (χ0) is 20.3. The van der Waals surface area contributed by atoms with Crippen molar-refractivity contribution in [3.8, 4) is 0 Å². The Hall–Kier alpha value is -2.06. The molecular formula is C18H17Cl2F3N4O. The van der Waals surface area contributed by atoms with Crippen LogP contribution in [0.25, 0.3) is 0 Å². The molecule has 1 aliphatic carbocycles. The quantitative estimate of drug-likeness (QED) is 0.657. The predicted molar refractivity (Wildman–Crippen MR) is 101 cm³/mol. The SMILES string of the molecule is O=C(NCC1CCCC1)c1cnc(Nc2cc(Cl)cc(Cl)c2)nc1C(F)(F)F. The standard InChI is InChI=1S/C18H17Cl2F3N4O/c19-11-5-12(20)7-13(6-11)26-17-25-9-14(15(27-17)18(21,22)23)16(28)24-8-10-3-1-2-4-10/h5-7,9-10H,1-4,8H2,(H,24,28)(H,25,26,27). The smallest absolute Gasteiger partial charge is 0.352 e. The van der Waals surface area contributed by atoms with Crippen LogP contribution < -0.4 is 10.6 Å². The molecule has 0 bridgehead atoms. The van der Waals surface area contributed by atoms with Crippen LogP contribution in [0.2, 0.25) is 10.0 Å². The lowest BCUT2D eigenvalue weighted by molar-refractivity contribution is -0.141. The van der Waals surface area contributed by atoms with E-state index >= 15 is 0 Å². The minimum absolute atomic E-state index is 0.299. The highest BCUT2D eigenvalue weighted by atomic mass is 35.5. The molecule has 0 aliphatic heterocycles. The first-order valence-corrected chi connectivity index (χ1v) is 9.43. The van der Waals surface area contributed by atoms with Crippen molar-refractivity contribution in [2.75, 3.05) is 11.9 Å². The number of hydrogen-bond acceptors (Lipinski definition) is 4. The molecule has 0 atom stereocenters. The fourth-order valence-corrected chi connectivity index (χ4v) is 3.65. The number of benzene rings is 1. The lowest BCUT2D eigenvalue weighted by Gasteiger charge is -2.15. The number of alkyl halides is 3. The lowest BCUT2D eigenvalue weighted by Crippen LogP contribution is -2.31. The Morgan fingerprint density at radius 1 is 1.14 bits per heavy atom. The van der Waals surface area contributed by atoms with Gasteiger partial charge in [-0.3, -0.25) is 4.79 Å². The molecule has 0 radical (unpaired) electrons. The van der Waals surface area contributed by atoms with Gasteiger partial charge in [-0.25, -0.2) is 9.97 Å². The number of carbonyl (C=O) groups is 1. The molecule has 1 fully saturated rings. The summed E-state index contributed by atoms with van der Waals surface area (Å²) in [7, 11) is 0. The van der Waals surface area contributed by atoms with Crippen molar-refractivity contribution in [3.05, 3.63) is 45.7 Å². The van der Waals surface area contributed by atoms with Crippen LogP contribution in [-0.2, 0) is 6.18 Å². The van der Waals surface area contributed by atoms with Gasteiger partial charge in [-0.05, 0) is 37.0 Å². The average molecular weight is 433 g/mol. The number of rotatable bonds is 5. The predicted octanol–water partition coefficient (Wildman–Crippen LogP) is 5.47. The Kier molecular flexibility index (Phi) is 6.30. The Morgan fingerprint density at radius 2 is 1.79 bits per heavy atom. The van der Waals surface area contributed by atoms with Gasteiger partial charge < -0.3 is 10.6 Å². The zero-order valence-corrected chi connectivity index (χ0v) is 16.1. The monoisotopic (exact) mass is 432 g/mol. The molecule has 28 heavy (non-hydrogen) atoms. The fraction of sp³-hybridized carbons (Fsp3) is 0.389. The first-order valence-electron chi connectivity index (χ1n) is 8.68. The Bertz CT molecular complexity index is 850. The molecule has 1 heterocycles. The van der Waals surface area contributed by atoms with Gasteiger partial charge in [-0.2, -0.15) is 13.2 Å². The summed E-state index contributed by atoms with van der Waals surface area (Å²) in [4.78, 5) is 19.6. The van der Waals surface area contributed by atoms with E-state index < -0.39 is 23.3 Å². The summed E-state index contributed by atoms with van der Waals surface area (Å²) in [5.41, 5.74) is -1.59. The van der Waals surface area contributed by atoms with E-state index in [0.29, 0.717) is 28.2 Å². The lowest BCUT2D eigenvalue weighted by atomic mass is 10.1. The van der Waals surface area contributed by atoms with Gasteiger partial charge in [0.15, 0.2) is 5.69 Å². The van der Waals surface area contributed by atoms with E-state index in [9.17, 15) is 18.0 Å². The van der Waals surface area contributed by atoms with Crippen molar-refractivity contribution in [1.29, 1.82) is 0 Å². The first kappa shape index (κ1) is 20.7. The third-order valence-corrected chi connectivity index (χ3v) is 4.88. The molecule has 1 saturated carbocycles. The highest BCUT2D eigenvalue weighted by molar-refractivity contribution is 6.35. The summed E-state index contributed by atoms with van der Waals surface area (Å²) < 4.78 is 40.4. The van der Waals surface area contributed by atoms with E-state index in [4.69, 9.17) is 23.2 Å². The molecule has 1 aliphatic rings. The summed E-state index contributed by atoms with van der Waals surface area (Å²) in [5.74, 6) is -0.859. The number of nitrogens with zero attached hydrogens (tertiary/aromatic N) is 2. The molecule has 2 aromatic rings. The molecule has 10 heteroatoms. The minimum atomic E-state index is -4.81. The highest BCUT2D eigenvalue weighted by Gasteiger charge is 2.38. The third kappa shape index (κ3) is 5.26. The van der Waals surface area contributed by atoms with Crippen molar-refractivity contribution in [2.45, 2.75) is 31.9 Å². The van der Waals surface area contributed by atoms with Gasteiger partial charge in [0.1, 0.15) is 0 Å². The van der Waals surface area contributed by atoms with Crippen molar-refractivity contribution in [1.82, 2.24) is 15.3 Å². The number of hydrogen-bond donors (Lipinski definition) is 2. The van der Waals surface area contributed by atoms with Gasteiger partial charge in [0.2, 0.25) is 5.95 Å². The van der Waals surface area contributed by atoms with Crippen LogP contribution in [0.5, 0.6) is 0 Å². The highest BCUT2D eigenvalue weighted by Crippen LogP contribution is 2.32. The molecule has 0 unspecified atom stereocenters. The van der Waals surface area contributed by atoms with Crippen molar-refractivity contribution in [2.24, 2.45) is 5.92 Å². The molecule has 150 valence electrons. The van der Waals surface area contributed by atoms with Gasteiger partial charge in [0.05, 0.1) is 5.56 Å². The fourth-order valence-electron chi connectivity index (χ4n) is 3.13. The van der Waals surface area contributed by atoms with Crippen LogP contribution in [0, 0.1) is 5.92 Å². The van der Waals surface area contributed by atoms with Crippen molar-refractivity contribution >= 4 is 40.7 Å². The molecule has 2 N–H and O–H groups in total. The van der Waals surface area contributed by atoms with Crippen LogP contribution in [0.15, 0.2) is 24.4 Å². The molecule has 0 spiro atoms. The third-order valence-electron chi connectivity index (χ3n) is 4.45. The van der Waals surface area contributed by atoms with Crippen molar-refractivity contribution in [3.63, 3.8) is 0 Å². The molecule has 3 rings (SSSR count). The minimum Gasteiger partial charge on any atom is -0.352 e. The zero-order valence-electron chi connectivity index (χ0n) is 14.6. The Labute approximate surface area is 169 Å². The number of carbonyl (C=O) groups excluding carboxylic acids is 1. The molecule has 0 saturated heterocycles. The van der Waals surface area contributed by atoms with Crippen LogP contribution >= 0.6 is 23.2 Å². The maximum Gasteiger partial charge on any atom is 0.434 e. The van der Waals surface area contributed by atoms with Gasteiger partial charge in [-0.1, -0.05) is 36.0 Å². The van der Waals surface area contributed by atoms with E-state index in [1.807, 2.05) is 0 Å². The van der Waals surface area contributed by atoms with E-state index in [1.54, 1.807) is 0 Å². The second-order valence-electron chi connectivity index (χ2n) is 6.60. The molecule has 5 nitrogen and oxygen atoms in total. The van der Waals surface area contributed by atoms with E-state index in [2.05, 4.69) is 20.6 Å².